The summed E-state index contributed by atoms with van der Waals surface area (Å²) in [5.74, 6) is -1.34. The van der Waals surface area contributed by atoms with Crippen LogP contribution in [-0.2, 0) is 0 Å². The Morgan fingerprint density at radius 3 is 2.59 bits per heavy atom. The van der Waals surface area contributed by atoms with Crippen LogP contribution in [0.15, 0.2) is 22.8 Å². The van der Waals surface area contributed by atoms with Crippen molar-refractivity contribution in [1.29, 1.82) is 0 Å². The van der Waals surface area contributed by atoms with Crippen molar-refractivity contribution < 1.29 is 8.78 Å². The van der Waals surface area contributed by atoms with Gasteiger partial charge in [0.05, 0.1) is 21.2 Å². The van der Waals surface area contributed by atoms with Gasteiger partial charge in [0.25, 0.3) is 0 Å². The molecule has 0 fully saturated rings. The van der Waals surface area contributed by atoms with Crippen LogP contribution < -0.4 is 0 Å². The lowest BCUT2D eigenvalue weighted by Crippen LogP contribution is -2.00. The molecule has 1 heterocycles. The summed E-state index contributed by atoms with van der Waals surface area (Å²) in [6, 6.07) is 2.13. The summed E-state index contributed by atoms with van der Waals surface area (Å²) in [4.78, 5) is 0.0169. The first-order chi connectivity index (χ1) is 7.99. The minimum absolute atomic E-state index is 0.0169. The van der Waals surface area contributed by atoms with Crippen LogP contribution in [0.2, 0.25) is 0 Å². The second-order valence-corrected chi connectivity index (χ2v) is 5.65. The fraction of sp³-hybridized carbons (Fsp3) is 0.200. The molecule has 17 heavy (non-hydrogen) atoms. The molecule has 90 valence electrons. The predicted octanol–water partition coefficient (Wildman–Crippen LogP) is 3.76. The monoisotopic (exact) mass is 365 g/mol. The maximum absolute atomic E-state index is 13.6. The van der Waals surface area contributed by atoms with Gasteiger partial charge in [0.2, 0.25) is 0 Å². The average Bonchev–Trinajstić information content (AvgIpc) is 2.72. The van der Waals surface area contributed by atoms with Crippen LogP contribution in [0.5, 0.6) is 0 Å². The minimum atomic E-state index is -0.690. The van der Waals surface area contributed by atoms with Crippen molar-refractivity contribution in [3.8, 4) is 5.69 Å². The zero-order valence-electron chi connectivity index (χ0n) is 8.66. The smallest absolute Gasteiger partial charge is 0.151 e. The van der Waals surface area contributed by atoms with Gasteiger partial charge in [0, 0.05) is 6.07 Å². The third-order valence-electron chi connectivity index (χ3n) is 2.16. The van der Waals surface area contributed by atoms with Gasteiger partial charge < -0.3 is 0 Å². The van der Waals surface area contributed by atoms with Gasteiger partial charge in [-0.3, -0.25) is 0 Å². The summed E-state index contributed by atoms with van der Waals surface area (Å²) in [6.45, 7) is 1.88. The van der Waals surface area contributed by atoms with Crippen LogP contribution in [0.3, 0.4) is 0 Å². The molecule has 1 atom stereocenters. The molecule has 0 aliphatic carbocycles. The van der Waals surface area contributed by atoms with Crippen LogP contribution in [0.25, 0.3) is 5.69 Å². The van der Waals surface area contributed by atoms with E-state index in [0.29, 0.717) is 5.69 Å². The molecule has 0 saturated heterocycles. The molecule has 2 rings (SSSR count). The molecule has 0 aliphatic heterocycles. The third-order valence-corrected chi connectivity index (χ3v) is 3.23. The molecule has 1 unspecified atom stereocenters. The van der Waals surface area contributed by atoms with E-state index in [0.717, 1.165) is 6.07 Å². The third kappa shape index (κ3) is 2.55. The Bertz CT molecular complexity index is 554. The molecular formula is C10H7Br2F2N3. The Hall–Kier alpha value is -0.820. The van der Waals surface area contributed by atoms with E-state index in [1.54, 1.807) is 6.20 Å². The van der Waals surface area contributed by atoms with Crippen LogP contribution in [0.1, 0.15) is 17.4 Å². The van der Waals surface area contributed by atoms with Gasteiger partial charge in [0.15, 0.2) is 5.82 Å². The lowest BCUT2D eigenvalue weighted by atomic mass is 10.3. The molecule has 1 aromatic heterocycles. The van der Waals surface area contributed by atoms with Crippen LogP contribution >= 0.6 is 31.9 Å². The Labute approximate surface area is 113 Å². The minimum Gasteiger partial charge on any atom is -0.217 e. The predicted molar refractivity (Wildman–Crippen MR) is 66.3 cm³/mol. The molecule has 0 spiro atoms. The summed E-state index contributed by atoms with van der Waals surface area (Å²) in [6.07, 6.45) is 1.59. The number of nitrogens with zero attached hydrogens (tertiary/aromatic N) is 3. The molecule has 7 heteroatoms. The van der Waals surface area contributed by atoms with Gasteiger partial charge in [-0.05, 0) is 28.9 Å². The van der Waals surface area contributed by atoms with Crippen LogP contribution in [0.4, 0.5) is 8.78 Å². The molecule has 0 saturated carbocycles. The summed E-state index contributed by atoms with van der Waals surface area (Å²) in [7, 11) is 0. The number of alkyl halides is 1. The van der Waals surface area contributed by atoms with Gasteiger partial charge in [-0.15, -0.1) is 5.10 Å². The molecule has 0 N–H and O–H groups in total. The highest BCUT2D eigenvalue weighted by Gasteiger charge is 2.13. The van der Waals surface area contributed by atoms with E-state index >= 15 is 0 Å². The zero-order valence-corrected chi connectivity index (χ0v) is 11.8. The number of hydrogen-bond acceptors (Lipinski definition) is 2. The van der Waals surface area contributed by atoms with Gasteiger partial charge in [-0.2, -0.15) is 0 Å². The molecule has 2 aromatic rings. The van der Waals surface area contributed by atoms with E-state index in [-0.39, 0.29) is 15.0 Å². The number of benzene rings is 1. The van der Waals surface area contributed by atoms with Crippen molar-refractivity contribution >= 4 is 31.9 Å². The molecule has 0 bridgehead atoms. The zero-order chi connectivity index (χ0) is 12.6. The Morgan fingerprint density at radius 1 is 1.29 bits per heavy atom. The molecule has 0 radical (unpaired) electrons. The van der Waals surface area contributed by atoms with Crippen LogP contribution in [-0.4, -0.2) is 15.0 Å². The van der Waals surface area contributed by atoms with Gasteiger partial charge in [-0.1, -0.05) is 21.1 Å². The highest BCUT2D eigenvalue weighted by atomic mass is 79.9. The second kappa shape index (κ2) is 4.81. The molecule has 3 nitrogen and oxygen atoms in total. The van der Waals surface area contributed by atoms with Crippen molar-refractivity contribution in [2.75, 3.05) is 0 Å². The summed E-state index contributed by atoms with van der Waals surface area (Å²) in [5.41, 5.74) is 0.815. The van der Waals surface area contributed by atoms with E-state index in [9.17, 15) is 8.78 Å². The molecule has 1 aromatic carbocycles. The molecular weight excluding hydrogens is 360 g/mol. The first-order valence-corrected chi connectivity index (χ1v) is 6.41. The van der Waals surface area contributed by atoms with Crippen molar-refractivity contribution in [1.82, 2.24) is 15.0 Å². The SMILES string of the molecule is CC(Br)c1cn(-c2cc(Br)c(F)cc2F)nn1. The Morgan fingerprint density at radius 2 is 2.00 bits per heavy atom. The van der Waals surface area contributed by atoms with Crippen molar-refractivity contribution in [2.24, 2.45) is 0 Å². The first-order valence-electron chi connectivity index (χ1n) is 4.70. The summed E-state index contributed by atoms with van der Waals surface area (Å²) < 4.78 is 28.1. The van der Waals surface area contributed by atoms with Gasteiger partial charge >= 0.3 is 0 Å². The standard InChI is InChI=1S/C10H7Br2F2N3/c1-5(11)9-4-17(16-15-9)10-2-6(12)7(13)3-8(10)14/h2-5H,1H3. The number of aromatic nitrogens is 3. The fourth-order valence-corrected chi connectivity index (χ4v) is 1.81. The maximum atomic E-state index is 13.6. The lowest BCUT2D eigenvalue weighted by Gasteiger charge is -2.03. The lowest BCUT2D eigenvalue weighted by molar-refractivity contribution is 0.568. The number of halogens is 4. The van der Waals surface area contributed by atoms with Crippen molar-refractivity contribution in [3.05, 3.63) is 40.1 Å². The largest absolute Gasteiger partial charge is 0.217 e. The van der Waals surface area contributed by atoms with Crippen LogP contribution in [0, 0.1) is 11.6 Å². The quantitative estimate of drug-likeness (QED) is 0.598. The second-order valence-electron chi connectivity index (χ2n) is 3.42. The highest BCUT2D eigenvalue weighted by molar-refractivity contribution is 9.10. The van der Waals surface area contributed by atoms with Gasteiger partial charge in [-0.25, -0.2) is 13.5 Å². The van der Waals surface area contributed by atoms with E-state index in [2.05, 4.69) is 42.2 Å². The summed E-state index contributed by atoms with van der Waals surface area (Å²) in [5, 5.41) is 7.67. The van der Waals surface area contributed by atoms with E-state index in [1.807, 2.05) is 6.92 Å². The first kappa shape index (κ1) is 12.6. The molecule has 0 aliphatic rings. The average molecular weight is 367 g/mol. The summed E-state index contributed by atoms with van der Waals surface area (Å²) >= 11 is 6.33. The number of hydrogen-bond donors (Lipinski definition) is 0. The molecule has 0 amide bonds. The van der Waals surface area contributed by atoms with Gasteiger partial charge in [0.1, 0.15) is 11.5 Å². The fourth-order valence-electron chi connectivity index (χ4n) is 1.26. The van der Waals surface area contributed by atoms with E-state index in [4.69, 9.17) is 0 Å². The number of rotatable bonds is 2. The normalized spacial score (nSPS) is 12.8. The van der Waals surface area contributed by atoms with E-state index in [1.165, 1.54) is 10.7 Å². The Kier molecular flexibility index (Phi) is 3.58. The highest BCUT2D eigenvalue weighted by Crippen LogP contribution is 2.24. The van der Waals surface area contributed by atoms with Crippen molar-refractivity contribution in [2.45, 2.75) is 11.8 Å². The van der Waals surface area contributed by atoms with E-state index < -0.39 is 11.6 Å². The Balaban J connectivity index is 2.49. The topological polar surface area (TPSA) is 30.7 Å². The maximum Gasteiger partial charge on any atom is 0.151 e. The van der Waals surface area contributed by atoms with Crippen molar-refractivity contribution in [3.63, 3.8) is 0 Å².